The van der Waals surface area contributed by atoms with E-state index in [9.17, 15) is 4.79 Å². The number of esters is 1. The van der Waals surface area contributed by atoms with Gasteiger partial charge in [-0.1, -0.05) is 0 Å². The fourth-order valence-corrected chi connectivity index (χ4v) is 4.44. The average Bonchev–Trinajstić information content (AvgIpc) is 3.26. The zero-order chi connectivity index (χ0) is 24.5. The van der Waals surface area contributed by atoms with Gasteiger partial charge < -0.3 is 29.5 Å². The summed E-state index contributed by atoms with van der Waals surface area (Å²) in [5.74, 6) is 6.44. The van der Waals surface area contributed by atoms with Crippen molar-refractivity contribution in [2.75, 3.05) is 31.8 Å². The molecule has 12 nitrogen and oxygen atoms in total. The smallest absolute Gasteiger partial charge is 0.360 e. The molecule has 5 heterocycles. The molecule has 2 N–H and O–H groups in total. The molecule has 182 valence electrons. The standard InChI is InChI=1S/C23H26N8O4/c1-13-10-34-11-14-12-35-19-17(8-25-9-18(29-24)23(32)33-3)27-20(28-22(19)31(13)14)15-4-6-26-21-16(15)5-7-30(21)2/h4-7,9,13-14H,8,10-12,24H2,1-3H3/b25-9?,29-18+/t13-,14+/m1/s1. The summed E-state index contributed by atoms with van der Waals surface area (Å²) < 4.78 is 18.5. The Morgan fingerprint density at radius 2 is 2.17 bits per heavy atom. The molecule has 1 saturated heterocycles. The number of hydrazone groups is 1. The van der Waals surface area contributed by atoms with Crippen LogP contribution in [0.2, 0.25) is 0 Å². The van der Waals surface area contributed by atoms with Crippen molar-refractivity contribution in [3.05, 3.63) is 30.2 Å². The molecule has 2 aliphatic heterocycles. The van der Waals surface area contributed by atoms with Crippen LogP contribution in [0.5, 0.6) is 5.75 Å². The highest BCUT2D eigenvalue weighted by atomic mass is 16.5. The molecule has 0 radical (unpaired) electrons. The summed E-state index contributed by atoms with van der Waals surface area (Å²) in [5, 5.41) is 4.38. The number of carbonyl (C=O) groups excluding carboxylic acids is 1. The van der Waals surface area contributed by atoms with Crippen LogP contribution in [-0.4, -0.2) is 76.4 Å². The number of aliphatic imine (C=N–C) groups is 1. The van der Waals surface area contributed by atoms with E-state index in [4.69, 9.17) is 25.3 Å². The number of methoxy groups -OCH3 is 1. The Morgan fingerprint density at radius 1 is 1.31 bits per heavy atom. The monoisotopic (exact) mass is 478 g/mol. The van der Waals surface area contributed by atoms with E-state index in [1.807, 2.05) is 29.9 Å². The number of anilines is 1. The maximum absolute atomic E-state index is 11.8. The highest BCUT2D eigenvalue weighted by Crippen LogP contribution is 2.39. The topological polar surface area (TPSA) is 142 Å². The molecule has 0 aromatic carbocycles. The lowest BCUT2D eigenvalue weighted by molar-refractivity contribution is -0.132. The van der Waals surface area contributed by atoms with Crippen LogP contribution in [0.15, 0.2) is 34.6 Å². The number of rotatable bonds is 5. The van der Waals surface area contributed by atoms with Crippen molar-refractivity contribution in [1.82, 2.24) is 19.5 Å². The third kappa shape index (κ3) is 4.05. The van der Waals surface area contributed by atoms with Gasteiger partial charge in [-0.25, -0.2) is 19.7 Å². The van der Waals surface area contributed by atoms with Crippen LogP contribution in [0.4, 0.5) is 5.82 Å². The molecule has 3 aromatic rings. The number of pyridine rings is 1. The Hall–Kier alpha value is -4.06. The fraction of sp³-hybridized carbons (Fsp3) is 0.391. The Kier molecular flexibility index (Phi) is 6.03. The highest BCUT2D eigenvalue weighted by Gasteiger charge is 2.37. The minimum Gasteiger partial charge on any atom is -0.486 e. The summed E-state index contributed by atoms with van der Waals surface area (Å²) in [6, 6.07) is 4.06. The van der Waals surface area contributed by atoms with Gasteiger partial charge in [0.25, 0.3) is 0 Å². The van der Waals surface area contributed by atoms with E-state index >= 15 is 0 Å². The van der Waals surface area contributed by atoms with Gasteiger partial charge in [-0.15, -0.1) is 0 Å². The normalized spacial score (nSPS) is 20.0. The molecule has 5 rings (SSSR count). The number of hydrogen-bond acceptors (Lipinski definition) is 11. The van der Waals surface area contributed by atoms with Gasteiger partial charge in [0.05, 0.1) is 45.2 Å². The van der Waals surface area contributed by atoms with E-state index in [1.54, 1.807) is 6.20 Å². The minimum atomic E-state index is -0.675. The highest BCUT2D eigenvalue weighted by molar-refractivity contribution is 6.59. The second-order valence-electron chi connectivity index (χ2n) is 8.40. The Labute approximate surface area is 201 Å². The fourth-order valence-electron chi connectivity index (χ4n) is 4.44. The summed E-state index contributed by atoms with van der Waals surface area (Å²) in [5.41, 5.74) is 2.17. The number of ether oxygens (including phenoxy) is 3. The van der Waals surface area contributed by atoms with Crippen LogP contribution in [0, 0.1) is 0 Å². The van der Waals surface area contributed by atoms with E-state index in [2.05, 4.69) is 31.6 Å². The van der Waals surface area contributed by atoms with E-state index in [-0.39, 0.29) is 24.3 Å². The molecule has 0 amide bonds. The molecule has 0 aliphatic carbocycles. The molecular formula is C23H26N8O4. The van der Waals surface area contributed by atoms with E-state index in [0.717, 1.165) is 16.6 Å². The third-order valence-electron chi connectivity index (χ3n) is 6.12. The van der Waals surface area contributed by atoms with Crippen molar-refractivity contribution in [3.63, 3.8) is 0 Å². The summed E-state index contributed by atoms with van der Waals surface area (Å²) in [4.78, 5) is 32.6. The first kappa shape index (κ1) is 22.7. The first-order chi connectivity index (χ1) is 17.0. The maximum Gasteiger partial charge on any atom is 0.360 e. The number of fused-ring (bicyclic) bond motifs is 4. The number of aryl methyl sites for hydroxylation is 1. The quantitative estimate of drug-likeness (QED) is 0.247. The van der Waals surface area contributed by atoms with Gasteiger partial charge in [0.2, 0.25) is 0 Å². The number of morpholine rings is 1. The van der Waals surface area contributed by atoms with Gasteiger partial charge in [-0.05, 0) is 19.1 Å². The predicted octanol–water partition coefficient (Wildman–Crippen LogP) is 1.07. The minimum absolute atomic E-state index is 0.0508. The summed E-state index contributed by atoms with van der Waals surface area (Å²) in [6.07, 6.45) is 4.97. The molecular weight excluding hydrogens is 452 g/mol. The van der Waals surface area contributed by atoms with E-state index in [0.29, 0.717) is 42.9 Å². The molecule has 12 heteroatoms. The van der Waals surface area contributed by atoms with Crippen molar-refractivity contribution in [2.45, 2.75) is 25.6 Å². The molecule has 0 unspecified atom stereocenters. The average molecular weight is 479 g/mol. The largest absolute Gasteiger partial charge is 0.486 e. The zero-order valence-corrected chi connectivity index (χ0v) is 19.7. The zero-order valence-electron chi connectivity index (χ0n) is 19.7. The van der Waals surface area contributed by atoms with Gasteiger partial charge in [0, 0.05) is 30.4 Å². The van der Waals surface area contributed by atoms with Crippen molar-refractivity contribution < 1.29 is 19.0 Å². The summed E-state index contributed by atoms with van der Waals surface area (Å²) in [7, 11) is 3.19. The molecule has 0 bridgehead atoms. The Morgan fingerprint density at radius 3 is 2.97 bits per heavy atom. The van der Waals surface area contributed by atoms with Gasteiger partial charge >= 0.3 is 5.97 Å². The first-order valence-corrected chi connectivity index (χ1v) is 11.2. The van der Waals surface area contributed by atoms with E-state index < -0.39 is 5.97 Å². The number of aromatic nitrogens is 4. The van der Waals surface area contributed by atoms with Crippen LogP contribution < -0.4 is 15.5 Å². The van der Waals surface area contributed by atoms with Crippen molar-refractivity contribution in [2.24, 2.45) is 23.0 Å². The van der Waals surface area contributed by atoms with Crippen molar-refractivity contribution in [3.8, 4) is 17.1 Å². The number of hydrogen-bond donors (Lipinski definition) is 1. The maximum atomic E-state index is 11.8. The van der Waals surface area contributed by atoms with Gasteiger partial charge in [-0.3, -0.25) is 4.99 Å². The summed E-state index contributed by atoms with van der Waals surface area (Å²) in [6.45, 7) is 3.83. The number of nitrogens with two attached hydrogens (primary N) is 1. The van der Waals surface area contributed by atoms with Gasteiger partial charge in [0.15, 0.2) is 23.1 Å². The second kappa shape index (κ2) is 9.29. The Balaban J connectivity index is 1.62. The predicted molar refractivity (Wildman–Crippen MR) is 130 cm³/mol. The molecule has 1 fully saturated rings. The van der Waals surface area contributed by atoms with Crippen molar-refractivity contribution >= 4 is 34.7 Å². The van der Waals surface area contributed by atoms with E-state index in [1.165, 1.54) is 13.3 Å². The molecule has 2 aliphatic rings. The Bertz CT molecular complexity index is 1330. The molecule has 0 spiro atoms. The van der Waals surface area contributed by atoms with Gasteiger partial charge in [0.1, 0.15) is 17.9 Å². The molecule has 0 saturated carbocycles. The van der Waals surface area contributed by atoms with Crippen LogP contribution in [-0.2, 0) is 27.9 Å². The number of carbonyl (C=O) groups is 1. The van der Waals surface area contributed by atoms with Crippen LogP contribution in [0.3, 0.4) is 0 Å². The van der Waals surface area contributed by atoms with Crippen molar-refractivity contribution in [1.29, 1.82) is 0 Å². The lowest BCUT2D eigenvalue weighted by Crippen LogP contribution is -2.56. The second-order valence-corrected chi connectivity index (χ2v) is 8.40. The number of nitrogens with zero attached hydrogens (tertiary/aromatic N) is 7. The lowest BCUT2D eigenvalue weighted by atomic mass is 10.1. The SMILES string of the molecule is COC(=O)/C(C=NCc1nc(-c2ccnc3c2ccn3C)nc2c1OC[C@@H]1COC[C@@H](C)N21)=N/N. The first-order valence-electron chi connectivity index (χ1n) is 11.2. The lowest BCUT2D eigenvalue weighted by Gasteiger charge is -2.44. The van der Waals surface area contributed by atoms with Crippen LogP contribution in [0.25, 0.3) is 22.4 Å². The summed E-state index contributed by atoms with van der Waals surface area (Å²) >= 11 is 0. The van der Waals surface area contributed by atoms with Gasteiger partial charge in [-0.2, -0.15) is 5.10 Å². The third-order valence-corrected chi connectivity index (χ3v) is 6.12. The van der Waals surface area contributed by atoms with Crippen LogP contribution in [0.1, 0.15) is 12.6 Å². The molecule has 35 heavy (non-hydrogen) atoms. The van der Waals surface area contributed by atoms with Crippen LogP contribution >= 0.6 is 0 Å². The molecule has 3 aromatic heterocycles. The molecule has 2 atom stereocenters.